The summed E-state index contributed by atoms with van der Waals surface area (Å²) in [6.07, 6.45) is 2.56. The van der Waals surface area contributed by atoms with Crippen molar-refractivity contribution in [1.82, 2.24) is 5.32 Å². The molecule has 0 amide bonds. The molecule has 0 heterocycles. The molecule has 0 radical (unpaired) electrons. The van der Waals surface area contributed by atoms with Gasteiger partial charge in [-0.05, 0) is 55.3 Å². The van der Waals surface area contributed by atoms with E-state index < -0.39 is 0 Å². The van der Waals surface area contributed by atoms with Gasteiger partial charge >= 0.3 is 0 Å². The lowest BCUT2D eigenvalue weighted by Crippen LogP contribution is -2.48. The Bertz CT molecular complexity index is 447. The zero-order valence-corrected chi connectivity index (χ0v) is 13.6. The highest BCUT2D eigenvalue weighted by Gasteiger charge is 2.43. The van der Waals surface area contributed by atoms with Gasteiger partial charge in [0.15, 0.2) is 0 Å². The first kappa shape index (κ1) is 15.4. The maximum atomic E-state index is 5.50. The van der Waals surface area contributed by atoms with E-state index >= 15 is 0 Å². The Labute approximate surface area is 123 Å². The van der Waals surface area contributed by atoms with E-state index in [1.165, 1.54) is 24.0 Å². The van der Waals surface area contributed by atoms with E-state index in [-0.39, 0.29) is 0 Å². The Hall–Kier alpha value is -1.02. The van der Waals surface area contributed by atoms with Crippen LogP contribution in [0.4, 0.5) is 0 Å². The molecule has 1 aromatic carbocycles. The van der Waals surface area contributed by atoms with Crippen molar-refractivity contribution < 1.29 is 4.74 Å². The summed E-state index contributed by atoms with van der Waals surface area (Å²) in [5.41, 5.74) is 2.97. The Balaban J connectivity index is 2.15. The number of hydrogen-bond donors (Lipinski definition) is 1. The van der Waals surface area contributed by atoms with Crippen molar-refractivity contribution in [2.75, 3.05) is 20.2 Å². The van der Waals surface area contributed by atoms with Crippen LogP contribution in [-0.2, 0) is 5.41 Å². The number of rotatable bonds is 6. The van der Waals surface area contributed by atoms with Crippen LogP contribution in [0.25, 0.3) is 0 Å². The minimum absolute atomic E-state index is 0.315. The van der Waals surface area contributed by atoms with Crippen molar-refractivity contribution in [3.05, 3.63) is 29.3 Å². The van der Waals surface area contributed by atoms with Crippen molar-refractivity contribution in [2.45, 2.75) is 46.0 Å². The lowest BCUT2D eigenvalue weighted by Gasteiger charge is -2.47. The molecule has 0 unspecified atom stereocenters. The molecule has 0 bridgehead atoms. The lowest BCUT2D eigenvalue weighted by atomic mass is 9.59. The molecule has 0 aromatic heterocycles. The predicted molar refractivity (Wildman–Crippen MR) is 85.5 cm³/mol. The summed E-state index contributed by atoms with van der Waals surface area (Å²) in [5, 5.41) is 3.66. The van der Waals surface area contributed by atoms with Gasteiger partial charge in [-0.3, -0.25) is 0 Å². The molecule has 1 saturated carbocycles. The zero-order chi connectivity index (χ0) is 14.8. The monoisotopic (exact) mass is 275 g/mol. The van der Waals surface area contributed by atoms with E-state index in [1.807, 2.05) is 0 Å². The summed E-state index contributed by atoms with van der Waals surface area (Å²) in [6, 6.07) is 6.74. The second-order valence-corrected chi connectivity index (χ2v) is 7.00. The number of hydrogen-bond acceptors (Lipinski definition) is 2. The van der Waals surface area contributed by atoms with Crippen LogP contribution in [0.5, 0.6) is 5.75 Å². The van der Waals surface area contributed by atoms with Crippen molar-refractivity contribution in [1.29, 1.82) is 0 Å². The minimum Gasteiger partial charge on any atom is -0.496 e. The third kappa shape index (κ3) is 3.17. The third-order valence-corrected chi connectivity index (χ3v) is 4.51. The number of ether oxygens (including phenoxy) is 1. The second-order valence-electron chi connectivity index (χ2n) is 7.00. The normalized spacial score (nSPS) is 25.6. The molecule has 2 nitrogen and oxygen atoms in total. The van der Waals surface area contributed by atoms with Crippen LogP contribution in [0.2, 0.25) is 0 Å². The maximum Gasteiger partial charge on any atom is 0.122 e. The number of aryl methyl sites for hydroxylation is 1. The Kier molecular flexibility index (Phi) is 4.74. The van der Waals surface area contributed by atoms with Crippen molar-refractivity contribution >= 4 is 0 Å². The SMILES string of the molecule is COc1cc(C2(CNCC(C)C)CC(C)C2)ccc1C. The topological polar surface area (TPSA) is 21.3 Å². The van der Waals surface area contributed by atoms with Crippen molar-refractivity contribution in [3.63, 3.8) is 0 Å². The molecule has 0 atom stereocenters. The molecule has 0 saturated heterocycles. The summed E-state index contributed by atoms with van der Waals surface area (Å²) in [4.78, 5) is 0. The minimum atomic E-state index is 0.315. The molecule has 20 heavy (non-hydrogen) atoms. The highest BCUT2D eigenvalue weighted by molar-refractivity contribution is 5.41. The summed E-state index contributed by atoms with van der Waals surface area (Å²) < 4.78 is 5.50. The van der Waals surface area contributed by atoms with E-state index in [1.54, 1.807) is 7.11 Å². The van der Waals surface area contributed by atoms with E-state index in [9.17, 15) is 0 Å². The molecule has 1 N–H and O–H groups in total. The van der Waals surface area contributed by atoms with Gasteiger partial charge in [0.25, 0.3) is 0 Å². The van der Waals surface area contributed by atoms with Gasteiger partial charge in [0.2, 0.25) is 0 Å². The molecule has 0 spiro atoms. The molecule has 1 aromatic rings. The largest absolute Gasteiger partial charge is 0.496 e. The predicted octanol–water partition coefficient (Wildman–Crippen LogP) is 3.92. The summed E-state index contributed by atoms with van der Waals surface area (Å²) in [6.45, 7) is 11.2. The van der Waals surface area contributed by atoms with Gasteiger partial charge < -0.3 is 10.1 Å². The van der Waals surface area contributed by atoms with Crippen LogP contribution >= 0.6 is 0 Å². The van der Waals surface area contributed by atoms with Gasteiger partial charge in [-0.15, -0.1) is 0 Å². The molecule has 1 fully saturated rings. The van der Waals surface area contributed by atoms with Crippen molar-refractivity contribution in [3.8, 4) is 5.75 Å². The Morgan fingerprint density at radius 1 is 1.35 bits per heavy atom. The van der Waals surface area contributed by atoms with Crippen LogP contribution in [-0.4, -0.2) is 20.2 Å². The van der Waals surface area contributed by atoms with Gasteiger partial charge in [0.05, 0.1) is 7.11 Å². The van der Waals surface area contributed by atoms with Crippen LogP contribution in [0.1, 0.15) is 44.7 Å². The summed E-state index contributed by atoms with van der Waals surface area (Å²) >= 11 is 0. The smallest absolute Gasteiger partial charge is 0.122 e. The first-order valence-corrected chi connectivity index (χ1v) is 7.82. The molecule has 0 aliphatic heterocycles. The first-order chi connectivity index (χ1) is 9.47. The average molecular weight is 275 g/mol. The quantitative estimate of drug-likeness (QED) is 0.849. The van der Waals surface area contributed by atoms with Crippen LogP contribution in [0.15, 0.2) is 18.2 Å². The third-order valence-electron chi connectivity index (χ3n) is 4.51. The number of nitrogens with one attached hydrogen (secondary N) is 1. The van der Waals surface area contributed by atoms with Gasteiger partial charge in [0, 0.05) is 12.0 Å². The first-order valence-electron chi connectivity index (χ1n) is 7.82. The Morgan fingerprint density at radius 2 is 2.05 bits per heavy atom. The molecule has 2 heteroatoms. The highest BCUT2D eigenvalue weighted by Crippen LogP contribution is 2.48. The fourth-order valence-electron chi connectivity index (χ4n) is 3.51. The number of methoxy groups -OCH3 is 1. The zero-order valence-electron chi connectivity index (χ0n) is 13.6. The van der Waals surface area contributed by atoms with Crippen molar-refractivity contribution in [2.24, 2.45) is 11.8 Å². The average Bonchev–Trinajstić information content (AvgIpc) is 2.36. The maximum absolute atomic E-state index is 5.50. The molecule has 1 aliphatic rings. The van der Waals surface area contributed by atoms with Crippen LogP contribution < -0.4 is 10.1 Å². The fourth-order valence-corrected chi connectivity index (χ4v) is 3.51. The summed E-state index contributed by atoms with van der Waals surface area (Å²) in [7, 11) is 1.76. The van der Waals surface area contributed by atoms with Crippen LogP contribution in [0.3, 0.4) is 0 Å². The summed E-state index contributed by atoms with van der Waals surface area (Å²) in [5.74, 6) is 2.56. The standard InChI is InChI=1S/C18H29NO/c1-13(2)11-19-12-18(9-14(3)10-18)16-7-6-15(4)17(8-16)20-5/h6-8,13-14,19H,9-12H2,1-5H3. The van der Waals surface area contributed by atoms with Crippen LogP contribution in [0, 0.1) is 18.8 Å². The van der Waals surface area contributed by atoms with E-state index in [0.717, 1.165) is 24.8 Å². The van der Waals surface area contributed by atoms with Gasteiger partial charge in [0.1, 0.15) is 5.75 Å². The lowest BCUT2D eigenvalue weighted by molar-refractivity contribution is 0.151. The van der Waals surface area contributed by atoms with E-state index in [4.69, 9.17) is 4.74 Å². The number of benzene rings is 1. The Morgan fingerprint density at radius 3 is 2.60 bits per heavy atom. The molecular weight excluding hydrogens is 246 g/mol. The molecular formula is C18H29NO. The van der Waals surface area contributed by atoms with Gasteiger partial charge in [-0.1, -0.05) is 32.9 Å². The molecule has 1 aliphatic carbocycles. The van der Waals surface area contributed by atoms with Gasteiger partial charge in [-0.2, -0.15) is 0 Å². The van der Waals surface area contributed by atoms with Gasteiger partial charge in [-0.25, -0.2) is 0 Å². The van der Waals surface area contributed by atoms with E-state index in [0.29, 0.717) is 11.3 Å². The highest BCUT2D eigenvalue weighted by atomic mass is 16.5. The fraction of sp³-hybridized carbons (Fsp3) is 0.667. The second kappa shape index (κ2) is 6.17. The molecule has 112 valence electrons. The molecule has 2 rings (SSSR count). The van der Waals surface area contributed by atoms with E-state index in [2.05, 4.69) is 51.2 Å².